The van der Waals surface area contributed by atoms with Gasteiger partial charge in [0.05, 0.1) is 7.11 Å². The Balaban J connectivity index is 2.62. The molecule has 0 heterocycles. The predicted octanol–water partition coefficient (Wildman–Crippen LogP) is 2.96. The molecule has 1 rings (SSSR count). The summed E-state index contributed by atoms with van der Waals surface area (Å²) >= 11 is 0. The molecule has 0 aliphatic rings. The molecule has 0 amide bonds. The van der Waals surface area contributed by atoms with Crippen LogP contribution in [0, 0.1) is 5.41 Å². The molecule has 3 heteroatoms. The number of ether oxygens (including phenoxy) is 1. The first-order chi connectivity index (χ1) is 9.11. The van der Waals surface area contributed by atoms with E-state index in [1.54, 1.807) is 7.11 Å². The van der Waals surface area contributed by atoms with Crippen LogP contribution in [0.4, 0.5) is 0 Å². The van der Waals surface area contributed by atoms with Gasteiger partial charge < -0.3 is 10.5 Å². The van der Waals surface area contributed by atoms with E-state index in [0.717, 1.165) is 30.6 Å². The van der Waals surface area contributed by atoms with E-state index in [1.807, 2.05) is 38.1 Å². The van der Waals surface area contributed by atoms with Gasteiger partial charge >= 0.3 is 0 Å². The Morgan fingerprint density at radius 2 is 1.79 bits per heavy atom. The van der Waals surface area contributed by atoms with Gasteiger partial charge in [-0.05, 0) is 37.0 Å². The molecular formula is C16H25NO2. The van der Waals surface area contributed by atoms with Gasteiger partial charge in [0.1, 0.15) is 11.5 Å². The maximum Gasteiger partial charge on any atom is 0.140 e. The third-order valence-corrected chi connectivity index (χ3v) is 4.14. The molecule has 0 bridgehead atoms. The summed E-state index contributed by atoms with van der Waals surface area (Å²) in [5.74, 6) is 1.13. The molecule has 0 saturated carbocycles. The van der Waals surface area contributed by atoms with Crippen LogP contribution < -0.4 is 10.5 Å². The van der Waals surface area contributed by atoms with Gasteiger partial charge in [-0.25, -0.2) is 0 Å². The van der Waals surface area contributed by atoms with Crippen LogP contribution in [0.5, 0.6) is 5.75 Å². The van der Waals surface area contributed by atoms with Crippen LogP contribution in [0.15, 0.2) is 24.3 Å². The highest BCUT2D eigenvalue weighted by Crippen LogP contribution is 2.28. The Kier molecular flexibility index (Phi) is 6.03. The maximum absolute atomic E-state index is 12.4. The first-order valence-electron chi connectivity index (χ1n) is 6.98. The van der Waals surface area contributed by atoms with Gasteiger partial charge in [0, 0.05) is 18.4 Å². The van der Waals surface area contributed by atoms with Crippen molar-refractivity contribution in [2.45, 2.75) is 39.5 Å². The van der Waals surface area contributed by atoms with Crippen LogP contribution in [0.1, 0.15) is 38.7 Å². The normalized spacial score (nSPS) is 11.4. The fourth-order valence-corrected chi connectivity index (χ4v) is 2.36. The summed E-state index contributed by atoms with van der Waals surface area (Å²) in [4.78, 5) is 12.4. The van der Waals surface area contributed by atoms with E-state index in [2.05, 4.69) is 0 Å². The molecule has 106 valence electrons. The zero-order chi connectivity index (χ0) is 14.3. The molecule has 0 aromatic heterocycles. The minimum absolute atomic E-state index is 0.288. The second kappa shape index (κ2) is 7.29. The van der Waals surface area contributed by atoms with E-state index in [9.17, 15) is 4.79 Å². The van der Waals surface area contributed by atoms with E-state index in [1.165, 1.54) is 0 Å². The number of aryl methyl sites for hydroxylation is 1. The predicted molar refractivity (Wildman–Crippen MR) is 78.4 cm³/mol. The lowest BCUT2D eigenvalue weighted by atomic mass is 9.76. The van der Waals surface area contributed by atoms with Crippen molar-refractivity contribution in [1.29, 1.82) is 0 Å². The number of methoxy groups -OCH3 is 1. The number of rotatable bonds is 8. The van der Waals surface area contributed by atoms with Crippen LogP contribution >= 0.6 is 0 Å². The summed E-state index contributed by atoms with van der Waals surface area (Å²) < 4.78 is 5.12. The molecule has 3 nitrogen and oxygen atoms in total. The van der Waals surface area contributed by atoms with E-state index in [-0.39, 0.29) is 11.2 Å². The quantitative estimate of drug-likeness (QED) is 0.784. The molecule has 0 unspecified atom stereocenters. The number of carbonyl (C=O) groups is 1. The Morgan fingerprint density at radius 3 is 2.21 bits per heavy atom. The highest BCUT2D eigenvalue weighted by molar-refractivity contribution is 5.85. The van der Waals surface area contributed by atoms with Crippen LogP contribution in [0.25, 0.3) is 0 Å². The minimum Gasteiger partial charge on any atom is -0.497 e. The van der Waals surface area contributed by atoms with Crippen molar-refractivity contribution in [3.8, 4) is 5.75 Å². The lowest BCUT2D eigenvalue weighted by molar-refractivity contribution is -0.128. The fourth-order valence-electron chi connectivity index (χ4n) is 2.36. The first kappa shape index (κ1) is 15.7. The molecule has 0 atom stereocenters. The van der Waals surface area contributed by atoms with Gasteiger partial charge in [-0.15, -0.1) is 0 Å². The topological polar surface area (TPSA) is 52.3 Å². The molecule has 0 aliphatic heterocycles. The summed E-state index contributed by atoms with van der Waals surface area (Å²) in [5.41, 5.74) is 6.63. The smallest absolute Gasteiger partial charge is 0.140 e. The molecule has 0 saturated heterocycles. The number of nitrogens with two attached hydrogens (primary N) is 1. The van der Waals surface area contributed by atoms with Crippen molar-refractivity contribution < 1.29 is 9.53 Å². The Hall–Kier alpha value is -1.35. The molecule has 0 spiro atoms. The number of ketones is 1. The standard InChI is InChI=1S/C16H25NO2/c1-4-16(5-2,12-17)15(18)11-8-13-6-9-14(19-3)10-7-13/h6-7,9-10H,4-5,8,11-12,17H2,1-3H3. The third-order valence-electron chi connectivity index (χ3n) is 4.14. The average molecular weight is 263 g/mol. The van der Waals surface area contributed by atoms with Crippen molar-refractivity contribution in [3.05, 3.63) is 29.8 Å². The van der Waals surface area contributed by atoms with Crippen LogP contribution in [0.3, 0.4) is 0 Å². The summed E-state index contributed by atoms with van der Waals surface area (Å²) in [7, 11) is 1.65. The Morgan fingerprint density at radius 1 is 1.21 bits per heavy atom. The number of carbonyl (C=O) groups excluding carboxylic acids is 1. The summed E-state index contributed by atoms with van der Waals surface area (Å²) in [6.45, 7) is 4.53. The lowest BCUT2D eigenvalue weighted by Gasteiger charge is -2.28. The molecular weight excluding hydrogens is 238 g/mol. The van der Waals surface area contributed by atoms with Crippen LogP contribution in [-0.4, -0.2) is 19.4 Å². The Bertz CT molecular complexity index is 385. The van der Waals surface area contributed by atoms with Crippen LogP contribution in [0.2, 0.25) is 0 Å². The molecule has 1 aromatic carbocycles. The molecule has 0 aliphatic carbocycles. The number of hydrogen-bond acceptors (Lipinski definition) is 3. The van der Waals surface area contributed by atoms with Crippen molar-refractivity contribution in [2.24, 2.45) is 11.1 Å². The highest BCUT2D eigenvalue weighted by atomic mass is 16.5. The van der Waals surface area contributed by atoms with Crippen molar-refractivity contribution in [3.63, 3.8) is 0 Å². The number of hydrogen-bond donors (Lipinski definition) is 1. The largest absolute Gasteiger partial charge is 0.497 e. The summed E-state index contributed by atoms with van der Waals surface area (Å²) in [6.07, 6.45) is 2.97. The van der Waals surface area contributed by atoms with E-state index in [0.29, 0.717) is 13.0 Å². The molecule has 2 N–H and O–H groups in total. The zero-order valence-corrected chi connectivity index (χ0v) is 12.2. The summed E-state index contributed by atoms with van der Waals surface area (Å²) in [6, 6.07) is 7.87. The van der Waals surface area contributed by atoms with Gasteiger partial charge in [0.15, 0.2) is 0 Å². The number of benzene rings is 1. The average Bonchev–Trinajstić information content (AvgIpc) is 2.48. The van der Waals surface area contributed by atoms with Crippen LogP contribution in [-0.2, 0) is 11.2 Å². The van der Waals surface area contributed by atoms with E-state index < -0.39 is 0 Å². The van der Waals surface area contributed by atoms with E-state index in [4.69, 9.17) is 10.5 Å². The van der Waals surface area contributed by atoms with Gasteiger partial charge in [-0.1, -0.05) is 26.0 Å². The van der Waals surface area contributed by atoms with Crippen molar-refractivity contribution >= 4 is 5.78 Å². The monoisotopic (exact) mass is 263 g/mol. The highest BCUT2D eigenvalue weighted by Gasteiger charge is 2.32. The van der Waals surface area contributed by atoms with Gasteiger partial charge in [-0.3, -0.25) is 4.79 Å². The van der Waals surface area contributed by atoms with Crippen molar-refractivity contribution in [1.82, 2.24) is 0 Å². The molecule has 1 aromatic rings. The van der Waals surface area contributed by atoms with E-state index >= 15 is 0 Å². The fraction of sp³-hybridized carbons (Fsp3) is 0.562. The molecule has 0 radical (unpaired) electrons. The third kappa shape index (κ3) is 3.80. The second-order valence-electron chi connectivity index (χ2n) is 4.96. The lowest BCUT2D eigenvalue weighted by Crippen LogP contribution is -2.37. The van der Waals surface area contributed by atoms with Gasteiger partial charge in [0.25, 0.3) is 0 Å². The SMILES string of the molecule is CCC(CC)(CN)C(=O)CCc1ccc(OC)cc1. The van der Waals surface area contributed by atoms with Gasteiger partial charge in [-0.2, -0.15) is 0 Å². The summed E-state index contributed by atoms with van der Waals surface area (Å²) in [5, 5.41) is 0. The number of Topliss-reactive ketones (excluding diaryl/α,β-unsaturated/α-hetero) is 1. The second-order valence-corrected chi connectivity index (χ2v) is 4.96. The minimum atomic E-state index is -0.327. The zero-order valence-electron chi connectivity index (χ0n) is 12.2. The molecule has 0 fully saturated rings. The first-order valence-corrected chi connectivity index (χ1v) is 6.98. The maximum atomic E-state index is 12.4. The van der Waals surface area contributed by atoms with Gasteiger partial charge in [0.2, 0.25) is 0 Å². The molecule has 19 heavy (non-hydrogen) atoms. The van der Waals surface area contributed by atoms with Crippen molar-refractivity contribution in [2.75, 3.05) is 13.7 Å². The Labute approximate surface area is 116 Å².